The first-order chi connectivity index (χ1) is 8.34. The summed E-state index contributed by atoms with van der Waals surface area (Å²) in [5, 5.41) is 6.35. The number of hydrogen-bond acceptors (Lipinski definition) is 3. The predicted molar refractivity (Wildman–Crippen MR) is 66.8 cm³/mol. The molecule has 0 aromatic rings. The minimum Gasteiger partial charge on any atom is -0.378 e. The SMILES string of the molecule is O=C(CC1CCCCO1)NCCC1CCNC1. The lowest BCUT2D eigenvalue weighted by molar-refractivity contribution is -0.124. The van der Waals surface area contributed by atoms with Crippen molar-refractivity contribution < 1.29 is 9.53 Å². The van der Waals surface area contributed by atoms with Crippen LogP contribution in [0.25, 0.3) is 0 Å². The summed E-state index contributed by atoms with van der Waals surface area (Å²) in [6.45, 7) is 3.89. The monoisotopic (exact) mass is 240 g/mol. The van der Waals surface area contributed by atoms with Crippen molar-refractivity contribution in [2.75, 3.05) is 26.2 Å². The average molecular weight is 240 g/mol. The van der Waals surface area contributed by atoms with Crippen molar-refractivity contribution in [1.29, 1.82) is 0 Å². The van der Waals surface area contributed by atoms with E-state index >= 15 is 0 Å². The second-order valence-electron chi connectivity index (χ2n) is 5.19. The zero-order chi connectivity index (χ0) is 11.9. The first-order valence-electron chi connectivity index (χ1n) is 6.93. The molecule has 17 heavy (non-hydrogen) atoms. The predicted octanol–water partition coefficient (Wildman–Crippen LogP) is 1.06. The summed E-state index contributed by atoms with van der Waals surface area (Å²) in [6.07, 6.45) is 6.45. The minimum absolute atomic E-state index is 0.155. The highest BCUT2D eigenvalue weighted by molar-refractivity contribution is 5.76. The summed E-state index contributed by atoms with van der Waals surface area (Å²) < 4.78 is 5.56. The van der Waals surface area contributed by atoms with Gasteiger partial charge in [-0.25, -0.2) is 0 Å². The number of amides is 1. The van der Waals surface area contributed by atoms with Crippen molar-refractivity contribution >= 4 is 5.91 Å². The van der Waals surface area contributed by atoms with Crippen LogP contribution in [-0.2, 0) is 9.53 Å². The molecule has 2 rings (SSSR count). The van der Waals surface area contributed by atoms with Gasteiger partial charge < -0.3 is 15.4 Å². The number of carbonyl (C=O) groups excluding carboxylic acids is 1. The van der Waals surface area contributed by atoms with Crippen LogP contribution in [0.2, 0.25) is 0 Å². The lowest BCUT2D eigenvalue weighted by Gasteiger charge is -2.22. The van der Waals surface area contributed by atoms with Crippen LogP contribution >= 0.6 is 0 Å². The summed E-state index contributed by atoms with van der Waals surface area (Å²) in [4.78, 5) is 11.7. The van der Waals surface area contributed by atoms with Crippen LogP contribution in [-0.4, -0.2) is 38.3 Å². The Hall–Kier alpha value is -0.610. The molecule has 2 fully saturated rings. The van der Waals surface area contributed by atoms with Crippen molar-refractivity contribution in [3.8, 4) is 0 Å². The first kappa shape index (κ1) is 12.8. The molecule has 4 nitrogen and oxygen atoms in total. The molecular formula is C13H24N2O2. The highest BCUT2D eigenvalue weighted by atomic mass is 16.5. The molecule has 0 aliphatic carbocycles. The van der Waals surface area contributed by atoms with Gasteiger partial charge in [0, 0.05) is 13.2 Å². The zero-order valence-corrected chi connectivity index (χ0v) is 10.5. The lowest BCUT2D eigenvalue weighted by Crippen LogP contribution is -2.31. The van der Waals surface area contributed by atoms with Gasteiger partial charge in [0.15, 0.2) is 0 Å². The van der Waals surface area contributed by atoms with Crippen molar-refractivity contribution in [3.63, 3.8) is 0 Å². The quantitative estimate of drug-likeness (QED) is 0.755. The van der Waals surface area contributed by atoms with Crippen molar-refractivity contribution in [1.82, 2.24) is 10.6 Å². The van der Waals surface area contributed by atoms with Crippen LogP contribution in [0.15, 0.2) is 0 Å². The van der Waals surface area contributed by atoms with Gasteiger partial charge in [-0.2, -0.15) is 0 Å². The molecule has 0 bridgehead atoms. The van der Waals surface area contributed by atoms with E-state index in [1.54, 1.807) is 0 Å². The van der Waals surface area contributed by atoms with E-state index in [9.17, 15) is 4.79 Å². The van der Waals surface area contributed by atoms with Gasteiger partial charge in [0.25, 0.3) is 0 Å². The van der Waals surface area contributed by atoms with Crippen LogP contribution in [0, 0.1) is 5.92 Å². The fraction of sp³-hybridized carbons (Fsp3) is 0.923. The molecule has 98 valence electrons. The third-order valence-electron chi connectivity index (χ3n) is 3.72. The van der Waals surface area contributed by atoms with Crippen LogP contribution in [0.4, 0.5) is 0 Å². The number of carbonyl (C=O) groups is 1. The van der Waals surface area contributed by atoms with Crippen molar-refractivity contribution in [2.45, 2.75) is 44.6 Å². The van der Waals surface area contributed by atoms with Crippen LogP contribution < -0.4 is 10.6 Å². The summed E-state index contributed by atoms with van der Waals surface area (Å²) in [6, 6.07) is 0. The molecule has 2 N–H and O–H groups in total. The van der Waals surface area contributed by atoms with Gasteiger partial charge in [-0.3, -0.25) is 4.79 Å². The lowest BCUT2D eigenvalue weighted by atomic mass is 10.0. The van der Waals surface area contributed by atoms with Crippen LogP contribution in [0.1, 0.15) is 38.5 Å². The normalized spacial score (nSPS) is 29.2. The molecule has 2 atom stereocenters. The molecule has 0 aromatic carbocycles. The van der Waals surface area contributed by atoms with Gasteiger partial charge in [-0.05, 0) is 51.1 Å². The molecule has 2 aliphatic rings. The highest BCUT2D eigenvalue weighted by Crippen LogP contribution is 2.15. The van der Waals surface area contributed by atoms with Gasteiger partial charge in [-0.15, -0.1) is 0 Å². The molecular weight excluding hydrogens is 216 g/mol. The fourth-order valence-electron chi connectivity index (χ4n) is 2.62. The van der Waals surface area contributed by atoms with E-state index < -0.39 is 0 Å². The maximum Gasteiger partial charge on any atom is 0.222 e. The molecule has 2 unspecified atom stereocenters. The van der Waals surface area contributed by atoms with E-state index in [2.05, 4.69) is 10.6 Å². The van der Waals surface area contributed by atoms with E-state index in [4.69, 9.17) is 4.74 Å². The topological polar surface area (TPSA) is 50.4 Å². The molecule has 0 radical (unpaired) electrons. The second-order valence-corrected chi connectivity index (χ2v) is 5.19. The molecule has 2 saturated heterocycles. The number of ether oxygens (including phenoxy) is 1. The van der Waals surface area contributed by atoms with E-state index in [1.807, 2.05) is 0 Å². The third kappa shape index (κ3) is 4.64. The molecule has 2 aliphatic heterocycles. The number of rotatable bonds is 5. The van der Waals surface area contributed by atoms with Crippen LogP contribution in [0.3, 0.4) is 0 Å². The zero-order valence-electron chi connectivity index (χ0n) is 10.5. The Kier molecular flexibility index (Phi) is 5.26. The second kappa shape index (κ2) is 6.97. The van der Waals surface area contributed by atoms with E-state index in [0.717, 1.165) is 51.4 Å². The molecule has 0 spiro atoms. The summed E-state index contributed by atoms with van der Waals surface area (Å²) in [5.41, 5.74) is 0. The average Bonchev–Trinajstić information content (AvgIpc) is 2.83. The van der Waals surface area contributed by atoms with E-state index in [-0.39, 0.29) is 12.0 Å². The minimum atomic E-state index is 0.155. The Balaban J connectivity index is 1.53. The maximum absolute atomic E-state index is 11.7. The maximum atomic E-state index is 11.7. The Morgan fingerprint density at radius 1 is 1.35 bits per heavy atom. The number of hydrogen-bond donors (Lipinski definition) is 2. The molecule has 0 saturated carbocycles. The summed E-state index contributed by atoms with van der Waals surface area (Å²) in [5.74, 6) is 0.907. The van der Waals surface area contributed by atoms with Crippen molar-refractivity contribution in [2.24, 2.45) is 5.92 Å². The van der Waals surface area contributed by atoms with Crippen molar-refractivity contribution in [3.05, 3.63) is 0 Å². The molecule has 2 heterocycles. The Morgan fingerprint density at radius 3 is 3.00 bits per heavy atom. The summed E-state index contributed by atoms with van der Waals surface area (Å²) in [7, 11) is 0. The molecule has 1 amide bonds. The number of nitrogens with one attached hydrogen (secondary N) is 2. The van der Waals surface area contributed by atoms with E-state index in [0.29, 0.717) is 6.42 Å². The third-order valence-corrected chi connectivity index (χ3v) is 3.72. The van der Waals surface area contributed by atoms with Gasteiger partial charge in [0.2, 0.25) is 5.91 Å². The highest BCUT2D eigenvalue weighted by Gasteiger charge is 2.18. The first-order valence-corrected chi connectivity index (χ1v) is 6.93. The van der Waals surface area contributed by atoms with Gasteiger partial charge in [0.05, 0.1) is 12.5 Å². The van der Waals surface area contributed by atoms with Gasteiger partial charge in [-0.1, -0.05) is 0 Å². The summed E-state index contributed by atoms with van der Waals surface area (Å²) >= 11 is 0. The largest absolute Gasteiger partial charge is 0.378 e. The van der Waals surface area contributed by atoms with Gasteiger partial charge >= 0.3 is 0 Å². The smallest absolute Gasteiger partial charge is 0.222 e. The molecule has 4 heteroatoms. The van der Waals surface area contributed by atoms with Gasteiger partial charge in [0.1, 0.15) is 0 Å². The molecule has 0 aromatic heterocycles. The Morgan fingerprint density at radius 2 is 2.29 bits per heavy atom. The Bertz CT molecular complexity index is 234. The van der Waals surface area contributed by atoms with Crippen LogP contribution in [0.5, 0.6) is 0 Å². The standard InChI is InChI=1S/C13H24N2O2/c16-13(9-12-3-1-2-8-17-12)15-7-5-11-4-6-14-10-11/h11-12,14H,1-10H2,(H,15,16). The fourth-order valence-corrected chi connectivity index (χ4v) is 2.62. The van der Waals surface area contributed by atoms with E-state index in [1.165, 1.54) is 12.8 Å². The Labute approximate surface area is 103 Å².